The van der Waals surface area contributed by atoms with E-state index >= 15 is 0 Å². The van der Waals surface area contributed by atoms with E-state index in [1.807, 2.05) is 0 Å². The number of nitrogens with one attached hydrogen (secondary N) is 1. The van der Waals surface area contributed by atoms with Gasteiger partial charge in [-0.2, -0.15) is 0 Å². The Morgan fingerprint density at radius 1 is 0.913 bits per heavy atom. The molecule has 4 heteroatoms. The summed E-state index contributed by atoms with van der Waals surface area (Å²) in [5.41, 5.74) is 2.23. The second-order valence-electron chi connectivity index (χ2n) is 5.02. The highest BCUT2D eigenvalue weighted by Gasteiger charge is 2.09. The van der Waals surface area contributed by atoms with Crippen molar-refractivity contribution in [3.63, 3.8) is 0 Å². The van der Waals surface area contributed by atoms with Crippen LogP contribution in [0.5, 0.6) is 0 Å². The fourth-order valence-electron chi connectivity index (χ4n) is 2.26. The van der Waals surface area contributed by atoms with Crippen LogP contribution >= 0.6 is 11.6 Å². The van der Waals surface area contributed by atoms with Crippen LogP contribution in [0.2, 0.25) is 5.02 Å². The van der Waals surface area contributed by atoms with Crippen LogP contribution in [0.25, 0.3) is 11.1 Å². The predicted molar refractivity (Wildman–Crippen MR) is 91.2 cm³/mol. The van der Waals surface area contributed by atoms with Crippen LogP contribution in [0.3, 0.4) is 0 Å². The summed E-state index contributed by atoms with van der Waals surface area (Å²) < 4.78 is 13.9. The number of hydrogen-bond donors (Lipinski definition) is 1. The van der Waals surface area contributed by atoms with Crippen molar-refractivity contribution in [2.45, 2.75) is 0 Å². The summed E-state index contributed by atoms with van der Waals surface area (Å²) in [5.74, 6) is -0.576. The smallest absolute Gasteiger partial charge is 0.255 e. The first-order chi connectivity index (χ1) is 11.1. The molecule has 0 atom stereocenters. The van der Waals surface area contributed by atoms with Crippen LogP contribution in [0.15, 0.2) is 72.8 Å². The van der Waals surface area contributed by atoms with Crippen LogP contribution in [-0.2, 0) is 0 Å². The monoisotopic (exact) mass is 325 g/mol. The molecule has 0 fully saturated rings. The SMILES string of the molecule is O=C(Nc1ccc(Cl)cc1)c1cccc(-c2ccccc2F)c1. The van der Waals surface area contributed by atoms with E-state index in [-0.39, 0.29) is 11.7 Å². The second kappa shape index (κ2) is 6.63. The van der Waals surface area contributed by atoms with E-state index in [1.165, 1.54) is 6.07 Å². The van der Waals surface area contributed by atoms with E-state index in [1.54, 1.807) is 66.7 Å². The highest BCUT2D eigenvalue weighted by molar-refractivity contribution is 6.30. The van der Waals surface area contributed by atoms with Crippen LogP contribution < -0.4 is 5.32 Å². The van der Waals surface area contributed by atoms with E-state index in [0.717, 1.165) is 0 Å². The zero-order chi connectivity index (χ0) is 16.2. The van der Waals surface area contributed by atoms with Crippen LogP contribution in [0.4, 0.5) is 10.1 Å². The topological polar surface area (TPSA) is 29.1 Å². The summed E-state index contributed by atoms with van der Waals surface area (Å²) in [4.78, 5) is 12.3. The van der Waals surface area contributed by atoms with E-state index in [4.69, 9.17) is 11.6 Å². The van der Waals surface area contributed by atoms with Crippen LogP contribution in [0, 0.1) is 5.82 Å². The van der Waals surface area contributed by atoms with E-state index in [9.17, 15) is 9.18 Å². The average Bonchev–Trinajstić information content (AvgIpc) is 2.57. The summed E-state index contributed by atoms with van der Waals surface area (Å²) in [6.07, 6.45) is 0. The molecule has 0 saturated carbocycles. The highest BCUT2D eigenvalue weighted by Crippen LogP contribution is 2.24. The maximum absolute atomic E-state index is 13.9. The number of halogens is 2. The Kier molecular flexibility index (Phi) is 4.40. The van der Waals surface area contributed by atoms with Gasteiger partial charge in [0.25, 0.3) is 5.91 Å². The molecule has 0 aliphatic heterocycles. The Balaban J connectivity index is 1.86. The third-order valence-electron chi connectivity index (χ3n) is 3.41. The Bertz CT molecular complexity index is 846. The lowest BCUT2D eigenvalue weighted by atomic mass is 10.0. The lowest BCUT2D eigenvalue weighted by Gasteiger charge is -2.08. The van der Waals surface area contributed by atoms with Gasteiger partial charge in [0.2, 0.25) is 0 Å². The normalized spacial score (nSPS) is 10.3. The van der Waals surface area contributed by atoms with Gasteiger partial charge in [0, 0.05) is 21.8 Å². The Morgan fingerprint density at radius 3 is 2.39 bits per heavy atom. The van der Waals surface area contributed by atoms with Crippen molar-refractivity contribution in [2.24, 2.45) is 0 Å². The molecule has 23 heavy (non-hydrogen) atoms. The fraction of sp³-hybridized carbons (Fsp3) is 0. The van der Waals surface area contributed by atoms with Crippen LogP contribution in [0.1, 0.15) is 10.4 Å². The third-order valence-corrected chi connectivity index (χ3v) is 3.66. The molecule has 0 heterocycles. The molecule has 3 rings (SSSR count). The van der Waals surface area contributed by atoms with Crippen molar-refractivity contribution < 1.29 is 9.18 Å². The molecule has 0 unspecified atom stereocenters. The molecule has 114 valence electrons. The minimum Gasteiger partial charge on any atom is -0.322 e. The lowest BCUT2D eigenvalue weighted by molar-refractivity contribution is 0.102. The van der Waals surface area contributed by atoms with Gasteiger partial charge in [0.15, 0.2) is 0 Å². The molecule has 0 aliphatic carbocycles. The molecule has 0 aliphatic rings. The quantitative estimate of drug-likeness (QED) is 0.686. The summed E-state index contributed by atoms with van der Waals surface area (Å²) >= 11 is 5.82. The number of carbonyl (C=O) groups is 1. The van der Waals surface area contributed by atoms with Gasteiger partial charge >= 0.3 is 0 Å². The van der Waals surface area contributed by atoms with Gasteiger partial charge < -0.3 is 5.32 Å². The molecule has 0 bridgehead atoms. The van der Waals surface area contributed by atoms with Crippen molar-refractivity contribution in [2.75, 3.05) is 5.32 Å². The number of hydrogen-bond acceptors (Lipinski definition) is 1. The fourth-order valence-corrected chi connectivity index (χ4v) is 2.39. The van der Waals surface area contributed by atoms with Gasteiger partial charge in [-0.1, -0.05) is 41.9 Å². The summed E-state index contributed by atoms with van der Waals surface area (Å²) in [6.45, 7) is 0. The summed E-state index contributed by atoms with van der Waals surface area (Å²) in [5, 5.41) is 3.39. The molecule has 1 N–H and O–H groups in total. The first-order valence-electron chi connectivity index (χ1n) is 7.05. The first-order valence-corrected chi connectivity index (χ1v) is 7.43. The van der Waals surface area contributed by atoms with Gasteiger partial charge in [0.05, 0.1) is 0 Å². The van der Waals surface area contributed by atoms with E-state index in [0.29, 0.717) is 27.4 Å². The zero-order valence-corrected chi connectivity index (χ0v) is 12.8. The number of anilines is 1. The van der Waals surface area contributed by atoms with Gasteiger partial charge in [-0.05, 0) is 48.0 Å². The minimum atomic E-state index is -0.317. The number of rotatable bonds is 3. The van der Waals surface area contributed by atoms with Gasteiger partial charge in [-0.15, -0.1) is 0 Å². The third kappa shape index (κ3) is 3.58. The maximum atomic E-state index is 13.9. The Morgan fingerprint density at radius 2 is 1.65 bits per heavy atom. The van der Waals surface area contributed by atoms with Gasteiger partial charge in [-0.25, -0.2) is 4.39 Å². The molecular formula is C19H13ClFNO. The molecule has 2 nitrogen and oxygen atoms in total. The first kappa shape index (κ1) is 15.3. The maximum Gasteiger partial charge on any atom is 0.255 e. The Labute approximate surface area is 138 Å². The molecule has 3 aromatic rings. The number of carbonyl (C=O) groups excluding carboxylic acids is 1. The van der Waals surface area contributed by atoms with Crippen molar-refractivity contribution >= 4 is 23.2 Å². The standard InChI is InChI=1S/C19H13ClFNO/c20-15-8-10-16(11-9-15)22-19(23)14-5-3-4-13(12-14)17-6-1-2-7-18(17)21/h1-12H,(H,22,23). The molecule has 0 spiro atoms. The highest BCUT2D eigenvalue weighted by atomic mass is 35.5. The van der Waals surface area contributed by atoms with Crippen molar-refractivity contribution in [1.29, 1.82) is 0 Å². The molecular weight excluding hydrogens is 313 g/mol. The number of amides is 1. The summed E-state index contributed by atoms with van der Waals surface area (Å²) in [6, 6.07) is 20.2. The Hall–Kier alpha value is -2.65. The largest absolute Gasteiger partial charge is 0.322 e. The zero-order valence-electron chi connectivity index (χ0n) is 12.1. The summed E-state index contributed by atoms with van der Waals surface area (Å²) in [7, 11) is 0. The number of benzene rings is 3. The van der Waals surface area contributed by atoms with Gasteiger partial charge in [0.1, 0.15) is 5.82 Å². The van der Waals surface area contributed by atoms with Crippen molar-refractivity contribution in [1.82, 2.24) is 0 Å². The van der Waals surface area contributed by atoms with Crippen LogP contribution in [-0.4, -0.2) is 5.91 Å². The molecule has 0 saturated heterocycles. The van der Waals surface area contributed by atoms with E-state index in [2.05, 4.69) is 5.32 Å². The molecule has 3 aromatic carbocycles. The second-order valence-corrected chi connectivity index (χ2v) is 5.46. The average molecular weight is 326 g/mol. The lowest BCUT2D eigenvalue weighted by Crippen LogP contribution is -2.11. The minimum absolute atomic E-state index is 0.259. The molecule has 0 aromatic heterocycles. The molecule has 1 amide bonds. The van der Waals surface area contributed by atoms with Crippen molar-refractivity contribution in [3.05, 3.63) is 89.2 Å². The van der Waals surface area contributed by atoms with E-state index < -0.39 is 0 Å². The molecule has 0 radical (unpaired) electrons. The van der Waals surface area contributed by atoms with Gasteiger partial charge in [-0.3, -0.25) is 4.79 Å². The predicted octanol–water partition coefficient (Wildman–Crippen LogP) is 5.40. The van der Waals surface area contributed by atoms with Crippen molar-refractivity contribution in [3.8, 4) is 11.1 Å².